The minimum atomic E-state index is -3.84. The van der Waals surface area contributed by atoms with E-state index in [4.69, 9.17) is 4.74 Å². The summed E-state index contributed by atoms with van der Waals surface area (Å²) in [5.74, 6) is 0.170. The average molecular weight is 552 g/mol. The maximum Gasteiger partial charge on any atom is 0.261 e. The van der Waals surface area contributed by atoms with Crippen LogP contribution in [0.25, 0.3) is 0 Å². The fourth-order valence-electron chi connectivity index (χ4n) is 3.52. The SMILES string of the molecule is COc1ccc(NS(=O)(=O)c2ccc(NC(=O)c3ccc(NS(=O)(=O)c4ccccc4)c(C)c3)cc2)cc1. The first kappa shape index (κ1) is 26.7. The molecule has 0 heterocycles. The van der Waals surface area contributed by atoms with Crippen LogP contribution in [0.3, 0.4) is 0 Å². The number of hydrogen-bond acceptors (Lipinski definition) is 6. The molecule has 1 amide bonds. The van der Waals surface area contributed by atoms with Gasteiger partial charge in [-0.25, -0.2) is 16.8 Å². The van der Waals surface area contributed by atoms with Gasteiger partial charge in [-0.05, 0) is 91.3 Å². The lowest BCUT2D eigenvalue weighted by atomic mass is 10.1. The van der Waals surface area contributed by atoms with Gasteiger partial charge >= 0.3 is 0 Å². The van der Waals surface area contributed by atoms with Crippen LogP contribution in [-0.4, -0.2) is 29.9 Å². The lowest BCUT2D eigenvalue weighted by molar-refractivity contribution is 0.102. The Morgan fingerprint density at radius 3 is 1.87 bits per heavy atom. The number of methoxy groups -OCH3 is 1. The van der Waals surface area contributed by atoms with E-state index in [1.165, 1.54) is 55.6 Å². The van der Waals surface area contributed by atoms with E-state index in [-0.39, 0.29) is 9.79 Å². The molecule has 196 valence electrons. The second-order valence-corrected chi connectivity index (χ2v) is 11.6. The van der Waals surface area contributed by atoms with E-state index >= 15 is 0 Å². The van der Waals surface area contributed by atoms with Crippen molar-refractivity contribution in [1.29, 1.82) is 0 Å². The molecule has 0 saturated heterocycles. The summed E-state index contributed by atoms with van der Waals surface area (Å²) < 4.78 is 60.7. The maximum absolute atomic E-state index is 12.8. The second kappa shape index (κ2) is 11.0. The molecule has 4 rings (SSSR count). The Morgan fingerprint density at radius 2 is 1.26 bits per heavy atom. The second-order valence-electron chi connectivity index (χ2n) is 8.26. The van der Waals surface area contributed by atoms with Crippen molar-refractivity contribution < 1.29 is 26.4 Å². The number of nitrogens with one attached hydrogen (secondary N) is 3. The number of sulfonamides is 2. The number of hydrogen-bond donors (Lipinski definition) is 3. The highest BCUT2D eigenvalue weighted by Gasteiger charge is 2.17. The third-order valence-electron chi connectivity index (χ3n) is 5.55. The summed E-state index contributed by atoms with van der Waals surface area (Å²) in [6.45, 7) is 1.69. The van der Waals surface area contributed by atoms with Crippen LogP contribution in [0, 0.1) is 6.92 Å². The molecule has 0 spiro atoms. The number of rotatable bonds is 9. The van der Waals surface area contributed by atoms with Gasteiger partial charge in [-0.2, -0.15) is 0 Å². The van der Waals surface area contributed by atoms with Crippen molar-refractivity contribution in [3.05, 3.63) is 108 Å². The van der Waals surface area contributed by atoms with E-state index in [0.717, 1.165) is 0 Å². The molecular weight excluding hydrogens is 526 g/mol. The Bertz CT molecular complexity index is 1650. The van der Waals surface area contributed by atoms with Gasteiger partial charge in [-0.15, -0.1) is 0 Å². The quantitative estimate of drug-likeness (QED) is 0.272. The third kappa shape index (κ3) is 6.31. The van der Waals surface area contributed by atoms with Crippen molar-refractivity contribution in [2.24, 2.45) is 0 Å². The number of carbonyl (C=O) groups is 1. The van der Waals surface area contributed by atoms with Crippen LogP contribution in [0.15, 0.2) is 107 Å². The van der Waals surface area contributed by atoms with Crippen LogP contribution in [0.1, 0.15) is 15.9 Å². The summed E-state index contributed by atoms with van der Waals surface area (Å²) in [6, 6.07) is 24.8. The summed E-state index contributed by atoms with van der Waals surface area (Å²) in [7, 11) is -6.08. The first-order chi connectivity index (χ1) is 18.1. The predicted molar refractivity (Wildman–Crippen MR) is 147 cm³/mol. The normalized spacial score (nSPS) is 11.4. The summed E-state index contributed by atoms with van der Waals surface area (Å²) in [6.07, 6.45) is 0. The van der Waals surface area contributed by atoms with E-state index in [1.807, 2.05) is 0 Å². The smallest absolute Gasteiger partial charge is 0.261 e. The molecule has 3 N–H and O–H groups in total. The Kier molecular flexibility index (Phi) is 7.70. The van der Waals surface area contributed by atoms with Gasteiger partial charge in [0.15, 0.2) is 0 Å². The van der Waals surface area contributed by atoms with Crippen LogP contribution in [0.2, 0.25) is 0 Å². The molecule has 0 aromatic heterocycles. The zero-order valence-electron chi connectivity index (χ0n) is 20.5. The predicted octanol–water partition coefficient (Wildman–Crippen LogP) is 4.86. The highest BCUT2D eigenvalue weighted by molar-refractivity contribution is 7.93. The van der Waals surface area contributed by atoms with Crippen LogP contribution in [0.5, 0.6) is 5.75 Å². The lowest BCUT2D eigenvalue weighted by Gasteiger charge is -2.12. The molecule has 0 atom stereocenters. The van der Waals surface area contributed by atoms with Gasteiger partial charge in [0.25, 0.3) is 26.0 Å². The maximum atomic E-state index is 12.8. The van der Waals surface area contributed by atoms with Crippen molar-refractivity contribution in [3.63, 3.8) is 0 Å². The van der Waals surface area contributed by atoms with Gasteiger partial charge < -0.3 is 10.1 Å². The molecule has 0 saturated carbocycles. The van der Waals surface area contributed by atoms with E-state index in [1.54, 1.807) is 55.5 Å². The Morgan fingerprint density at radius 1 is 0.684 bits per heavy atom. The Hall–Kier alpha value is -4.35. The highest BCUT2D eigenvalue weighted by atomic mass is 32.2. The molecule has 0 unspecified atom stereocenters. The number of anilines is 3. The van der Waals surface area contributed by atoms with E-state index in [2.05, 4.69) is 14.8 Å². The standard InChI is InChI=1S/C27H25N3O6S2/c1-19-18-20(8-17-26(19)30-38(34,35)24-6-4-3-5-7-24)27(31)28-21-11-15-25(16-12-21)37(32,33)29-22-9-13-23(36-2)14-10-22/h3-18,29-30H,1-2H3,(H,28,31). The third-order valence-corrected chi connectivity index (χ3v) is 8.33. The molecule has 9 nitrogen and oxygen atoms in total. The van der Waals surface area contributed by atoms with Crippen LogP contribution < -0.4 is 19.5 Å². The summed E-state index contributed by atoms with van der Waals surface area (Å²) in [4.78, 5) is 12.9. The van der Waals surface area contributed by atoms with Crippen molar-refractivity contribution >= 4 is 43.0 Å². The lowest BCUT2D eigenvalue weighted by Crippen LogP contribution is -2.15. The van der Waals surface area contributed by atoms with Crippen molar-refractivity contribution in [2.45, 2.75) is 16.7 Å². The molecular formula is C27H25N3O6S2. The van der Waals surface area contributed by atoms with Crippen LogP contribution in [0.4, 0.5) is 17.1 Å². The molecule has 11 heteroatoms. The molecule has 4 aromatic carbocycles. The topological polar surface area (TPSA) is 131 Å². The first-order valence-corrected chi connectivity index (χ1v) is 14.3. The molecule has 0 aliphatic carbocycles. The van der Waals surface area contributed by atoms with Gasteiger partial charge in [0.1, 0.15) is 5.75 Å². The molecule has 38 heavy (non-hydrogen) atoms. The minimum absolute atomic E-state index is 0.0252. The van der Waals surface area contributed by atoms with Gasteiger partial charge in [0.05, 0.1) is 22.6 Å². The van der Waals surface area contributed by atoms with E-state index in [9.17, 15) is 21.6 Å². The number of aryl methyl sites for hydroxylation is 1. The van der Waals surface area contributed by atoms with E-state index in [0.29, 0.717) is 33.9 Å². The summed E-state index contributed by atoms with van der Waals surface area (Å²) in [5.41, 5.74) is 1.99. The van der Waals surface area contributed by atoms with Crippen LogP contribution >= 0.6 is 0 Å². The summed E-state index contributed by atoms with van der Waals surface area (Å²) >= 11 is 0. The largest absolute Gasteiger partial charge is 0.497 e. The summed E-state index contributed by atoms with van der Waals surface area (Å²) in [5, 5.41) is 2.71. The van der Waals surface area contributed by atoms with Gasteiger partial charge in [-0.3, -0.25) is 14.2 Å². The minimum Gasteiger partial charge on any atom is -0.497 e. The molecule has 0 bridgehead atoms. The van der Waals surface area contributed by atoms with Crippen LogP contribution in [-0.2, 0) is 20.0 Å². The van der Waals surface area contributed by atoms with Gasteiger partial charge in [0.2, 0.25) is 0 Å². The molecule has 0 aliphatic heterocycles. The molecule has 0 aliphatic rings. The highest BCUT2D eigenvalue weighted by Crippen LogP contribution is 2.23. The fraction of sp³-hybridized carbons (Fsp3) is 0.0741. The average Bonchev–Trinajstić information content (AvgIpc) is 2.91. The number of benzene rings is 4. The fourth-order valence-corrected chi connectivity index (χ4v) is 5.73. The van der Waals surface area contributed by atoms with Gasteiger partial charge in [0, 0.05) is 16.9 Å². The molecule has 4 aromatic rings. The van der Waals surface area contributed by atoms with Crippen molar-refractivity contribution in [1.82, 2.24) is 0 Å². The Labute approximate surface area is 221 Å². The Balaban J connectivity index is 1.42. The zero-order chi connectivity index (χ0) is 27.3. The van der Waals surface area contributed by atoms with Gasteiger partial charge in [-0.1, -0.05) is 18.2 Å². The number of carbonyl (C=O) groups excluding carboxylic acids is 1. The monoisotopic (exact) mass is 551 g/mol. The number of amides is 1. The number of ether oxygens (including phenoxy) is 1. The molecule has 0 radical (unpaired) electrons. The zero-order valence-corrected chi connectivity index (χ0v) is 22.1. The van der Waals surface area contributed by atoms with Crippen molar-refractivity contribution in [3.8, 4) is 5.75 Å². The first-order valence-electron chi connectivity index (χ1n) is 11.3. The molecule has 0 fully saturated rings. The van der Waals surface area contributed by atoms with E-state index < -0.39 is 26.0 Å². The van der Waals surface area contributed by atoms with Crippen molar-refractivity contribution in [2.75, 3.05) is 21.9 Å².